The summed E-state index contributed by atoms with van der Waals surface area (Å²) in [6, 6.07) is 4.26. The first kappa shape index (κ1) is 24.8. The van der Waals surface area contributed by atoms with Crippen molar-refractivity contribution in [2.45, 2.75) is 63.1 Å². The number of hydrogen-bond acceptors (Lipinski definition) is 7. The second-order valence-corrected chi connectivity index (χ2v) is 10.5. The van der Waals surface area contributed by atoms with Crippen molar-refractivity contribution in [3.8, 4) is 11.5 Å². The molecule has 0 spiro atoms. The molecular formula is C26H37N5O5. The molecule has 4 amide bonds. The molecule has 1 aliphatic carbocycles. The Labute approximate surface area is 212 Å². The van der Waals surface area contributed by atoms with E-state index in [0.717, 1.165) is 44.6 Å². The molecule has 1 aromatic carbocycles. The molecule has 2 N–H and O–H groups in total. The van der Waals surface area contributed by atoms with Crippen molar-refractivity contribution in [2.75, 3.05) is 46.6 Å². The van der Waals surface area contributed by atoms with E-state index >= 15 is 0 Å². The number of hydrogen-bond donors (Lipinski definition) is 2. The summed E-state index contributed by atoms with van der Waals surface area (Å²) in [4.78, 5) is 44.3. The minimum absolute atomic E-state index is 0.0357. The van der Waals surface area contributed by atoms with Crippen LogP contribution in [-0.2, 0) is 16.1 Å². The highest BCUT2D eigenvalue weighted by Crippen LogP contribution is 2.34. The first-order valence-electron chi connectivity index (χ1n) is 13.1. The molecule has 4 aliphatic rings. The van der Waals surface area contributed by atoms with E-state index in [4.69, 9.17) is 9.47 Å². The Morgan fingerprint density at radius 1 is 1.08 bits per heavy atom. The maximum atomic E-state index is 12.9. The van der Waals surface area contributed by atoms with Gasteiger partial charge < -0.3 is 25.0 Å². The van der Waals surface area contributed by atoms with Gasteiger partial charge in [0.25, 0.3) is 5.91 Å². The van der Waals surface area contributed by atoms with Crippen LogP contribution in [0.15, 0.2) is 18.2 Å². The fourth-order valence-electron chi connectivity index (χ4n) is 5.87. The topological polar surface area (TPSA) is 103 Å². The van der Waals surface area contributed by atoms with E-state index in [2.05, 4.69) is 27.5 Å². The minimum Gasteiger partial charge on any atom is -0.454 e. The average Bonchev–Trinajstić information content (AvgIpc) is 3.46. The fraction of sp³-hybridized carbons (Fsp3) is 0.654. The number of urea groups is 1. The molecule has 0 radical (unpaired) electrons. The molecule has 10 heteroatoms. The smallest absolute Gasteiger partial charge is 0.325 e. The molecule has 0 aromatic heterocycles. The second-order valence-electron chi connectivity index (χ2n) is 10.5. The molecule has 3 fully saturated rings. The Balaban J connectivity index is 1.12. The average molecular weight is 500 g/mol. The summed E-state index contributed by atoms with van der Waals surface area (Å²) in [6.45, 7) is 5.16. The summed E-state index contributed by atoms with van der Waals surface area (Å²) >= 11 is 0. The number of piperazine rings is 1. The molecule has 1 atom stereocenters. The number of benzene rings is 1. The SMILES string of the molecule is CN1CCN(C2(CNC(=O)CC[C@@H]3NC(=O)N(Cc4ccc5c(c4)OCO5)C3=O)CCCCC2)CC1. The van der Waals surface area contributed by atoms with E-state index in [9.17, 15) is 14.4 Å². The summed E-state index contributed by atoms with van der Waals surface area (Å²) in [5.41, 5.74) is 0.816. The zero-order valence-electron chi connectivity index (χ0n) is 21.1. The van der Waals surface area contributed by atoms with E-state index < -0.39 is 12.1 Å². The number of nitrogens with zero attached hydrogens (tertiary/aromatic N) is 3. The highest BCUT2D eigenvalue weighted by molar-refractivity contribution is 6.04. The highest BCUT2D eigenvalue weighted by Gasteiger charge is 2.40. The molecule has 10 nitrogen and oxygen atoms in total. The van der Waals surface area contributed by atoms with Crippen molar-refractivity contribution in [3.63, 3.8) is 0 Å². The quantitative estimate of drug-likeness (QED) is 0.525. The van der Waals surface area contributed by atoms with E-state index in [1.165, 1.54) is 24.2 Å². The van der Waals surface area contributed by atoms with Crippen LogP contribution in [0.25, 0.3) is 0 Å². The van der Waals surface area contributed by atoms with Crippen molar-refractivity contribution in [1.82, 2.24) is 25.3 Å². The molecule has 3 aliphatic heterocycles. The lowest BCUT2D eigenvalue weighted by atomic mass is 9.79. The number of fused-ring (bicyclic) bond motifs is 1. The molecule has 36 heavy (non-hydrogen) atoms. The molecule has 2 saturated heterocycles. The van der Waals surface area contributed by atoms with Crippen molar-refractivity contribution in [3.05, 3.63) is 23.8 Å². The molecule has 1 aromatic rings. The van der Waals surface area contributed by atoms with Crippen LogP contribution in [0.1, 0.15) is 50.5 Å². The molecule has 3 heterocycles. The van der Waals surface area contributed by atoms with Gasteiger partial charge in [-0.15, -0.1) is 0 Å². The number of likely N-dealkylation sites (N-methyl/N-ethyl adjacent to an activating group) is 1. The number of ether oxygens (including phenoxy) is 2. The number of imide groups is 1. The molecule has 0 bridgehead atoms. The predicted molar refractivity (Wildman–Crippen MR) is 133 cm³/mol. The Morgan fingerprint density at radius 2 is 1.83 bits per heavy atom. The molecule has 5 rings (SSSR count). The van der Waals surface area contributed by atoms with Gasteiger partial charge in [-0.05, 0) is 44.0 Å². The summed E-state index contributed by atoms with van der Waals surface area (Å²) in [7, 11) is 2.16. The number of rotatable bonds is 8. The first-order chi connectivity index (χ1) is 17.4. The van der Waals surface area contributed by atoms with Gasteiger partial charge in [-0.2, -0.15) is 0 Å². The first-order valence-corrected chi connectivity index (χ1v) is 13.1. The largest absolute Gasteiger partial charge is 0.454 e. The number of nitrogens with one attached hydrogen (secondary N) is 2. The van der Waals surface area contributed by atoms with Crippen LogP contribution in [0.2, 0.25) is 0 Å². The van der Waals surface area contributed by atoms with Gasteiger partial charge in [-0.1, -0.05) is 25.3 Å². The van der Waals surface area contributed by atoms with Gasteiger partial charge >= 0.3 is 6.03 Å². The van der Waals surface area contributed by atoms with Crippen molar-refractivity contribution in [1.29, 1.82) is 0 Å². The number of carbonyl (C=O) groups is 3. The maximum Gasteiger partial charge on any atom is 0.325 e. The normalized spacial score (nSPS) is 24.1. The summed E-state index contributed by atoms with van der Waals surface area (Å²) in [6.07, 6.45) is 6.37. The Bertz CT molecular complexity index is 987. The van der Waals surface area contributed by atoms with Crippen molar-refractivity contribution in [2.24, 2.45) is 0 Å². The van der Waals surface area contributed by atoms with E-state index in [1.807, 2.05) is 6.07 Å². The summed E-state index contributed by atoms with van der Waals surface area (Å²) < 4.78 is 10.7. The molecule has 196 valence electrons. The van der Waals surface area contributed by atoms with Gasteiger partial charge in [0.05, 0.1) is 6.54 Å². The zero-order valence-corrected chi connectivity index (χ0v) is 21.1. The van der Waals surface area contributed by atoms with E-state index in [0.29, 0.717) is 18.0 Å². The standard InChI is InChI=1S/C26H37N5O5/c1-29-11-13-30(14-12-29)26(9-3-2-4-10-26)17-27-23(32)8-6-20-24(33)31(25(34)28-20)16-19-5-7-21-22(15-19)36-18-35-21/h5,7,15,20H,2-4,6,8-14,16-18H2,1H3,(H,27,32)(H,28,34)/t20-/m0/s1. The predicted octanol–water partition coefficient (Wildman–Crippen LogP) is 1.68. The third-order valence-electron chi connectivity index (χ3n) is 8.12. The van der Waals surface area contributed by atoms with Gasteiger partial charge in [0, 0.05) is 44.7 Å². The van der Waals surface area contributed by atoms with Crippen LogP contribution in [0, 0.1) is 0 Å². The third-order valence-corrected chi connectivity index (χ3v) is 8.12. The van der Waals surface area contributed by atoms with Gasteiger partial charge in [-0.3, -0.25) is 19.4 Å². The summed E-state index contributed by atoms with van der Waals surface area (Å²) in [5.74, 6) is 0.902. The summed E-state index contributed by atoms with van der Waals surface area (Å²) in [5, 5.41) is 5.91. The van der Waals surface area contributed by atoms with E-state index in [1.54, 1.807) is 12.1 Å². The highest BCUT2D eigenvalue weighted by atomic mass is 16.7. The van der Waals surface area contributed by atoms with Gasteiger partial charge in [0.2, 0.25) is 12.7 Å². The van der Waals surface area contributed by atoms with Crippen LogP contribution < -0.4 is 20.1 Å². The van der Waals surface area contributed by atoms with Crippen LogP contribution >= 0.6 is 0 Å². The Hall–Kier alpha value is -2.85. The number of amides is 4. The lowest BCUT2D eigenvalue weighted by molar-refractivity contribution is -0.128. The maximum absolute atomic E-state index is 12.9. The number of carbonyl (C=O) groups excluding carboxylic acids is 3. The van der Waals surface area contributed by atoms with Crippen LogP contribution in [0.4, 0.5) is 4.79 Å². The molecule has 0 unspecified atom stereocenters. The molecular weight excluding hydrogens is 462 g/mol. The Morgan fingerprint density at radius 3 is 2.61 bits per heavy atom. The zero-order chi connectivity index (χ0) is 25.1. The van der Waals surface area contributed by atoms with Crippen LogP contribution in [0.3, 0.4) is 0 Å². The second kappa shape index (κ2) is 10.6. The van der Waals surface area contributed by atoms with Gasteiger partial charge in [0.1, 0.15) is 6.04 Å². The van der Waals surface area contributed by atoms with E-state index in [-0.39, 0.29) is 43.5 Å². The van der Waals surface area contributed by atoms with Crippen molar-refractivity contribution >= 4 is 17.8 Å². The lowest BCUT2D eigenvalue weighted by Crippen LogP contribution is -2.61. The molecule has 1 saturated carbocycles. The van der Waals surface area contributed by atoms with Gasteiger partial charge in [0.15, 0.2) is 11.5 Å². The van der Waals surface area contributed by atoms with Crippen LogP contribution in [-0.4, -0.2) is 90.7 Å². The van der Waals surface area contributed by atoms with Gasteiger partial charge in [-0.25, -0.2) is 4.79 Å². The minimum atomic E-state index is -0.682. The Kier molecular flexibility index (Phi) is 7.34. The lowest BCUT2D eigenvalue weighted by Gasteiger charge is -2.49. The monoisotopic (exact) mass is 499 g/mol. The fourth-order valence-corrected chi connectivity index (χ4v) is 5.87. The van der Waals surface area contributed by atoms with Crippen molar-refractivity contribution < 1.29 is 23.9 Å². The third kappa shape index (κ3) is 5.29. The van der Waals surface area contributed by atoms with Crippen LogP contribution in [0.5, 0.6) is 11.5 Å².